The van der Waals surface area contributed by atoms with Crippen molar-refractivity contribution in [3.63, 3.8) is 0 Å². The van der Waals surface area contributed by atoms with E-state index in [9.17, 15) is 4.79 Å². The molecule has 1 aliphatic heterocycles. The van der Waals surface area contributed by atoms with Crippen LogP contribution in [0.2, 0.25) is 0 Å². The number of rotatable bonds is 8. The number of carbonyl (C=O) groups excluding carboxylic acids is 1. The van der Waals surface area contributed by atoms with E-state index >= 15 is 0 Å². The summed E-state index contributed by atoms with van der Waals surface area (Å²) in [5.74, 6) is -0.244. The molecule has 0 aromatic rings. The maximum absolute atomic E-state index is 11.8. The molecule has 5 heteroatoms. The summed E-state index contributed by atoms with van der Waals surface area (Å²) in [6.07, 6.45) is 4.18. The van der Waals surface area contributed by atoms with Crippen LogP contribution < -0.4 is 11.1 Å². The molecule has 0 spiro atoms. The second-order valence-corrected chi connectivity index (χ2v) is 6.91. The monoisotopic (exact) mass is 298 g/mol. The first-order valence-electron chi connectivity index (χ1n) is 8.25. The van der Waals surface area contributed by atoms with Crippen LogP contribution in [-0.2, 0) is 4.79 Å². The van der Waals surface area contributed by atoms with Gasteiger partial charge < -0.3 is 20.9 Å². The van der Waals surface area contributed by atoms with Crippen LogP contribution in [0.3, 0.4) is 0 Å². The molecule has 2 unspecified atom stereocenters. The molecule has 1 aliphatic rings. The van der Waals surface area contributed by atoms with Crippen LogP contribution >= 0.6 is 0 Å². The van der Waals surface area contributed by atoms with Crippen molar-refractivity contribution in [2.24, 2.45) is 5.73 Å². The van der Waals surface area contributed by atoms with Gasteiger partial charge in [0.15, 0.2) is 0 Å². The van der Waals surface area contributed by atoms with Crippen molar-refractivity contribution in [1.29, 1.82) is 0 Å². The minimum Gasteiger partial charge on any atom is -0.368 e. The molecule has 2 atom stereocenters. The number of carbonyl (C=O) groups is 1. The molecule has 3 N–H and O–H groups in total. The van der Waals surface area contributed by atoms with E-state index in [2.05, 4.69) is 43.1 Å². The molecule has 124 valence electrons. The number of nitrogens with two attached hydrogens (primary N) is 1. The Balaban J connectivity index is 2.54. The van der Waals surface area contributed by atoms with E-state index in [1.165, 1.54) is 12.8 Å². The largest absolute Gasteiger partial charge is 0.368 e. The number of nitrogens with zero attached hydrogens (tertiary/aromatic N) is 2. The number of primary amides is 1. The van der Waals surface area contributed by atoms with Crippen LogP contribution in [0.1, 0.15) is 46.5 Å². The first-order valence-corrected chi connectivity index (χ1v) is 8.25. The summed E-state index contributed by atoms with van der Waals surface area (Å²) >= 11 is 0. The molecular weight excluding hydrogens is 264 g/mol. The van der Waals surface area contributed by atoms with Crippen molar-refractivity contribution in [3.05, 3.63) is 0 Å². The zero-order chi connectivity index (χ0) is 16.0. The predicted octanol–water partition coefficient (Wildman–Crippen LogP) is 1.03. The van der Waals surface area contributed by atoms with Crippen molar-refractivity contribution in [2.45, 2.75) is 64.1 Å². The fourth-order valence-electron chi connectivity index (χ4n) is 3.22. The van der Waals surface area contributed by atoms with Crippen LogP contribution in [0.25, 0.3) is 0 Å². The van der Waals surface area contributed by atoms with Crippen molar-refractivity contribution in [1.82, 2.24) is 15.1 Å². The van der Waals surface area contributed by atoms with E-state index in [1.54, 1.807) is 0 Å². The van der Waals surface area contributed by atoms with Crippen LogP contribution in [0.15, 0.2) is 0 Å². The molecule has 1 saturated heterocycles. The van der Waals surface area contributed by atoms with Gasteiger partial charge in [-0.15, -0.1) is 0 Å². The zero-order valence-electron chi connectivity index (χ0n) is 14.5. The third-order valence-electron chi connectivity index (χ3n) is 4.87. The number of nitrogens with one attached hydrogen (secondary N) is 1. The topological polar surface area (TPSA) is 61.6 Å². The average molecular weight is 298 g/mol. The van der Waals surface area contributed by atoms with E-state index in [4.69, 9.17) is 5.73 Å². The van der Waals surface area contributed by atoms with Crippen LogP contribution in [0, 0.1) is 0 Å². The summed E-state index contributed by atoms with van der Waals surface area (Å²) in [5, 5.41) is 3.33. The van der Waals surface area contributed by atoms with Gasteiger partial charge in [0.05, 0.1) is 5.54 Å². The van der Waals surface area contributed by atoms with Crippen molar-refractivity contribution in [3.8, 4) is 0 Å². The molecule has 5 nitrogen and oxygen atoms in total. The van der Waals surface area contributed by atoms with Crippen molar-refractivity contribution >= 4 is 5.91 Å². The highest BCUT2D eigenvalue weighted by molar-refractivity contribution is 5.84. The maximum atomic E-state index is 11.8. The number of amides is 1. The third kappa shape index (κ3) is 5.24. The van der Waals surface area contributed by atoms with Gasteiger partial charge in [0.2, 0.25) is 5.91 Å². The summed E-state index contributed by atoms with van der Waals surface area (Å²) in [5.41, 5.74) is 5.02. The van der Waals surface area contributed by atoms with Gasteiger partial charge in [-0.3, -0.25) is 4.79 Å². The Bertz CT molecular complexity index is 326. The van der Waals surface area contributed by atoms with Crippen LogP contribution in [-0.4, -0.2) is 67.1 Å². The van der Waals surface area contributed by atoms with E-state index < -0.39 is 5.54 Å². The molecular formula is C16H34N4O. The van der Waals surface area contributed by atoms with E-state index in [-0.39, 0.29) is 5.91 Å². The summed E-state index contributed by atoms with van der Waals surface area (Å²) in [6, 6.07) is 1.06. The summed E-state index contributed by atoms with van der Waals surface area (Å²) in [6.45, 7) is 9.29. The van der Waals surface area contributed by atoms with Crippen LogP contribution in [0.5, 0.6) is 0 Å². The SMILES string of the molecule is CCCNC(C)(CC(C)N1CCC(N(C)C)CC1)C(N)=O. The van der Waals surface area contributed by atoms with Gasteiger partial charge in [-0.2, -0.15) is 0 Å². The smallest absolute Gasteiger partial charge is 0.237 e. The highest BCUT2D eigenvalue weighted by Crippen LogP contribution is 2.21. The lowest BCUT2D eigenvalue weighted by atomic mass is 9.90. The lowest BCUT2D eigenvalue weighted by Crippen LogP contribution is -2.57. The minimum absolute atomic E-state index is 0.244. The Kier molecular flexibility index (Phi) is 7.10. The Labute approximate surface area is 130 Å². The highest BCUT2D eigenvalue weighted by atomic mass is 16.1. The molecule has 1 heterocycles. The highest BCUT2D eigenvalue weighted by Gasteiger charge is 2.34. The molecule has 0 radical (unpaired) electrons. The Morgan fingerprint density at radius 2 is 2.00 bits per heavy atom. The van der Waals surface area contributed by atoms with Crippen molar-refractivity contribution < 1.29 is 4.79 Å². The normalized spacial score (nSPS) is 22.2. The molecule has 0 saturated carbocycles. The molecule has 0 aliphatic carbocycles. The molecule has 0 bridgehead atoms. The van der Waals surface area contributed by atoms with Gasteiger partial charge in [0, 0.05) is 12.1 Å². The predicted molar refractivity (Wildman–Crippen MR) is 88.3 cm³/mol. The number of piperidine rings is 1. The van der Waals surface area contributed by atoms with Crippen LogP contribution in [0.4, 0.5) is 0 Å². The molecule has 21 heavy (non-hydrogen) atoms. The quantitative estimate of drug-likeness (QED) is 0.703. The zero-order valence-corrected chi connectivity index (χ0v) is 14.5. The van der Waals surface area contributed by atoms with Crippen molar-refractivity contribution in [2.75, 3.05) is 33.7 Å². The first-order chi connectivity index (χ1) is 9.80. The number of likely N-dealkylation sites (tertiary alicyclic amines) is 1. The molecule has 1 fully saturated rings. The Hall–Kier alpha value is -0.650. The second kappa shape index (κ2) is 8.11. The summed E-state index contributed by atoms with van der Waals surface area (Å²) in [4.78, 5) is 16.6. The molecule has 1 rings (SSSR count). The Morgan fingerprint density at radius 3 is 2.43 bits per heavy atom. The number of hydrogen-bond donors (Lipinski definition) is 2. The standard InChI is InChI=1S/C16H34N4O/c1-6-9-18-16(3,15(17)21)12-13(2)20-10-7-14(8-11-20)19(4)5/h13-14,18H,6-12H2,1-5H3,(H2,17,21). The van der Waals surface area contributed by atoms with Gasteiger partial charge >= 0.3 is 0 Å². The van der Waals surface area contributed by atoms with Gasteiger partial charge in [-0.05, 0) is 73.3 Å². The van der Waals surface area contributed by atoms with Gasteiger partial charge in [0.1, 0.15) is 0 Å². The third-order valence-corrected chi connectivity index (χ3v) is 4.87. The average Bonchev–Trinajstić information content (AvgIpc) is 2.45. The van der Waals surface area contributed by atoms with E-state index in [0.717, 1.165) is 32.5 Å². The minimum atomic E-state index is -0.603. The van der Waals surface area contributed by atoms with E-state index in [0.29, 0.717) is 12.1 Å². The lowest BCUT2D eigenvalue weighted by molar-refractivity contribution is -0.124. The second-order valence-electron chi connectivity index (χ2n) is 6.91. The molecule has 0 aromatic carbocycles. The van der Waals surface area contributed by atoms with Gasteiger partial charge in [-0.1, -0.05) is 6.92 Å². The summed E-state index contributed by atoms with van der Waals surface area (Å²) < 4.78 is 0. The lowest BCUT2D eigenvalue weighted by Gasteiger charge is -2.41. The van der Waals surface area contributed by atoms with E-state index in [1.807, 2.05) is 6.92 Å². The molecule has 0 aromatic heterocycles. The fourth-order valence-corrected chi connectivity index (χ4v) is 3.22. The first kappa shape index (κ1) is 18.4. The molecule has 1 amide bonds. The Morgan fingerprint density at radius 1 is 1.43 bits per heavy atom. The maximum Gasteiger partial charge on any atom is 0.237 e. The number of hydrogen-bond acceptors (Lipinski definition) is 4. The summed E-state index contributed by atoms with van der Waals surface area (Å²) in [7, 11) is 4.31. The van der Waals surface area contributed by atoms with Gasteiger partial charge in [0.25, 0.3) is 0 Å². The van der Waals surface area contributed by atoms with Gasteiger partial charge in [-0.25, -0.2) is 0 Å². The fraction of sp³-hybridized carbons (Fsp3) is 0.938.